The van der Waals surface area contributed by atoms with Gasteiger partial charge in [0.25, 0.3) is 0 Å². The summed E-state index contributed by atoms with van der Waals surface area (Å²) in [5, 5.41) is 1.84. The molecule has 0 aliphatic carbocycles. The summed E-state index contributed by atoms with van der Waals surface area (Å²) in [6, 6.07) is 28.8. The molecule has 4 aromatic rings. The zero-order valence-electron chi connectivity index (χ0n) is 14.9. The molecular formula is C23H17NO3S. The van der Waals surface area contributed by atoms with E-state index < -0.39 is 10.1 Å². The highest BCUT2D eigenvalue weighted by Gasteiger charge is 2.19. The summed E-state index contributed by atoms with van der Waals surface area (Å²) >= 11 is 0. The van der Waals surface area contributed by atoms with Crippen molar-refractivity contribution in [3.05, 3.63) is 103 Å². The third kappa shape index (κ3) is 3.80. The van der Waals surface area contributed by atoms with Gasteiger partial charge in [-0.2, -0.15) is 8.42 Å². The van der Waals surface area contributed by atoms with Gasteiger partial charge in [-0.05, 0) is 41.1 Å². The second-order valence-corrected chi connectivity index (χ2v) is 7.69. The Morgan fingerprint density at radius 2 is 1.36 bits per heavy atom. The molecule has 0 aromatic heterocycles. The molecule has 0 saturated carbocycles. The van der Waals surface area contributed by atoms with E-state index in [-0.39, 0.29) is 10.6 Å². The Morgan fingerprint density at radius 3 is 2.11 bits per heavy atom. The van der Waals surface area contributed by atoms with Crippen LogP contribution >= 0.6 is 0 Å². The fourth-order valence-electron chi connectivity index (χ4n) is 2.89. The van der Waals surface area contributed by atoms with Crippen LogP contribution in [0, 0.1) is 0 Å². The maximum Gasteiger partial charge on any atom is 0.339 e. The van der Waals surface area contributed by atoms with Crippen molar-refractivity contribution in [2.45, 2.75) is 4.90 Å². The molecule has 0 bridgehead atoms. The van der Waals surface area contributed by atoms with Crippen molar-refractivity contribution < 1.29 is 12.6 Å². The van der Waals surface area contributed by atoms with Gasteiger partial charge in [-0.1, -0.05) is 66.7 Å². The number of nitrogens with zero attached hydrogens (tertiary/aromatic N) is 1. The number of fused-ring (bicyclic) bond motifs is 1. The van der Waals surface area contributed by atoms with Crippen molar-refractivity contribution in [1.29, 1.82) is 0 Å². The lowest BCUT2D eigenvalue weighted by Crippen LogP contribution is -2.11. The molecular weight excluding hydrogens is 370 g/mol. The lowest BCUT2D eigenvalue weighted by molar-refractivity contribution is 0.486. The van der Waals surface area contributed by atoms with Crippen LogP contribution in [0.2, 0.25) is 0 Å². The van der Waals surface area contributed by atoms with Crippen molar-refractivity contribution in [2.24, 2.45) is 4.99 Å². The minimum absolute atomic E-state index is 0.106. The van der Waals surface area contributed by atoms with Crippen LogP contribution in [0.1, 0.15) is 5.56 Å². The predicted octanol–water partition coefficient (Wildman–Crippen LogP) is 5.36. The van der Waals surface area contributed by atoms with E-state index in [2.05, 4.69) is 4.99 Å². The molecule has 0 unspecified atom stereocenters. The van der Waals surface area contributed by atoms with Crippen molar-refractivity contribution in [3.63, 3.8) is 0 Å². The summed E-state index contributed by atoms with van der Waals surface area (Å²) in [5.41, 5.74) is 1.38. The van der Waals surface area contributed by atoms with Crippen molar-refractivity contribution in [2.75, 3.05) is 0 Å². The summed E-state index contributed by atoms with van der Waals surface area (Å²) in [7, 11) is -3.95. The van der Waals surface area contributed by atoms with E-state index in [0.29, 0.717) is 5.56 Å². The van der Waals surface area contributed by atoms with Gasteiger partial charge in [-0.15, -0.1) is 0 Å². The fraction of sp³-hybridized carbons (Fsp3) is 0. The molecule has 0 saturated heterocycles. The molecule has 0 aliphatic rings. The first-order chi connectivity index (χ1) is 13.6. The van der Waals surface area contributed by atoms with Gasteiger partial charge in [-0.25, -0.2) is 0 Å². The molecule has 0 heterocycles. The Balaban J connectivity index is 1.81. The second-order valence-electron chi connectivity index (χ2n) is 6.14. The summed E-state index contributed by atoms with van der Waals surface area (Å²) < 4.78 is 30.9. The van der Waals surface area contributed by atoms with Crippen LogP contribution in [0.4, 0.5) is 5.69 Å². The normalized spacial score (nSPS) is 11.7. The van der Waals surface area contributed by atoms with Crippen LogP contribution in [0.5, 0.6) is 5.75 Å². The Labute approximate surface area is 163 Å². The summed E-state index contributed by atoms with van der Waals surface area (Å²) in [5.74, 6) is 0.238. The maximum atomic E-state index is 12.7. The molecule has 0 atom stereocenters. The lowest BCUT2D eigenvalue weighted by Gasteiger charge is -2.12. The highest BCUT2D eigenvalue weighted by molar-refractivity contribution is 7.87. The van der Waals surface area contributed by atoms with Gasteiger partial charge in [0.15, 0.2) is 5.75 Å². The zero-order valence-corrected chi connectivity index (χ0v) is 15.7. The average Bonchev–Trinajstić information content (AvgIpc) is 2.74. The summed E-state index contributed by atoms with van der Waals surface area (Å²) in [6.07, 6.45) is 1.65. The molecule has 0 radical (unpaired) electrons. The van der Waals surface area contributed by atoms with Gasteiger partial charge in [0.05, 0.1) is 5.69 Å². The quantitative estimate of drug-likeness (QED) is 0.342. The molecule has 138 valence electrons. The number of hydrogen-bond acceptors (Lipinski definition) is 4. The van der Waals surface area contributed by atoms with E-state index in [1.165, 1.54) is 12.1 Å². The summed E-state index contributed by atoms with van der Waals surface area (Å²) in [6.45, 7) is 0. The lowest BCUT2D eigenvalue weighted by atomic mass is 10.0. The topological polar surface area (TPSA) is 55.7 Å². The molecule has 4 aromatic carbocycles. The first kappa shape index (κ1) is 17.9. The van der Waals surface area contributed by atoms with E-state index in [0.717, 1.165) is 16.5 Å². The van der Waals surface area contributed by atoms with Gasteiger partial charge in [0.2, 0.25) is 0 Å². The monoisotopic (exact) mass is 387 g/mol. The third-order valence-corrected chi connectivity index (χ3v) is 5.51. The molecule has 0 spiro atoms. The van der Waals surface area contributed by atoms with Crippen LogP contribution in [-0.4, -0.2) is 14.6 Å². The number of benzene rings is 4. The number of hydrogen-bond donors (Lipinski definition) is 0. The van der Waals surface area contributed by atoms with Crippen molar-refractivity contribution in [3.8, 4) is 5.75 Å². The molecule has 5 heteroatoms. The highest BCUT2D eigenvalue weighted by atomic mass is 32.2. The molecule has 0 fully saturated rings. The molecule has 0 aliphatic heterocycles. The van der Waals surface area contributed by atoms with Gasteiger partial charge >= 0.3 is 10.1 Å². The molecule has 28 heavy (non-hydrogen) atoms. The minimum Gasteiger partial charge on any atom is -0.378 e. The molecule has 4 nitrogen and oxygen atoms in total. The van der Waals surface area contributed by atoms with Gasteiger partial charge in [-0.3, -0.25) is 4.99 Å². The van der Waals surface area contributed by atoms with Crippen LogP contribution in [-0.2, 0) is 10.1 Å². The number of rotatable bonds is 5. The predicted molar refractivity (Wildman–Crippen MR) is 112 cm³/mol. The zero-order chi connectivity index (χ0) is 19.4. The Hall–Kier alpha value is -3.44. The fourth-order valence-corrected chi connectivity index (χ4v) is 3.86. The van der Waals surface area contributed by atoms with E-state index >= 15 is 0 Å². The number of aliphatic imine (C=N–C) groups is 1. The molecule has 0 amide bonds. The smallest absolute Gasteiger partial charge is 0.339 e. The minimum atomic E-state index is -3.95. The first-order valence-corrected chi connectivity index (χ1v) is 10.1. The van der Waals surface area contributed by atoms with Crippen molar-refractivity contribution >= 4 is 32.8 Å². The summed E-state index contributed by atoms with van der Waals surface area (Å²) in [4.78, 5) is 4.60. The van der Waals surface area contributed by atoms with Gasteiger partial charge in [0, 0.05) is 11.8 Å². The van der Waals surface area contributed by atoms with Crippen molar-refractivity contribution in [1.82, 2.24) is 0 Å². The van der Waals surface area contributed by atoms with E-state index in [1.54, 1.807) is 30.5 Å². The third-order valence-electron chi connectivity index (χ3n) is 4.26. The van der Waals surface area contributed by atoms with Gasteiger partial charge < -0.3 is 4.18 Å². The van der Waals surface area contributed by atoms with Crippen LogP contribution < -0.4 is 4.18 Å². The van der Waals surface area contributed by atoms with E-state index in [9.17, 15) is 8.42 Å². The van der Waals surface area contributed by atoms with Gasteiger partial charge in [0.1, 0.15) is 4.90 Å². The van der Waals surface area contributed by atoms with Crippen LogP contribution in [0.25, 0.3) is 10.8 Å². The van der Waals surface area contributed by atoms with Crippen LogP contribution in [0.3, 0.4) is 0 Å². The Bertz CT molecular complexity index is 1230. The maximum absolute atomic E-state index is 12.7. The highest BCUT2D eigenvalue weighted by Crippen LogP contribution is 2.29. The molecule has 0 N–H and O–H groups in total. The molecule has 4 rings (SSSR count). The average molecular weight is 387 g/mol. The second kappa shape index (κ2) is 7.66. The van der Waals surface area contributed by atoms with E-state index in [1.807, 2.05) is 60.7 Å². The van der Waals surface area contributed by atoms with Crippen LogP contribution in [0.15, 0.2) is 107 Å². The van der Waals surface area contributed by atoms with E-state index in [4.69, 9.17) is 4.18 Å². The SMILES string of the molecule is O=S(=O)(Oc1ccc2ccccc2c1C=Nc1ccccc1)c1ccccc1. The Kier molecular flexibility index (Phi) is 4.91. The standard InChI is InChI=1S/C23H17NO3S/c25-28(26,20-12-5-2-6-13-20)27-23-16-15-18-9-7-8-14-21(18)22(23)17-24-19-10-3-1-4-11-19/h1-17H. The largest absolute Gasteiger partial charge is 0.378 e. The number of para-hydroxylation sites is 1. The first-order valence-electron chi connectivity index (χ1n) is 8.74. The Morgan fingerprint density at radius 1 is 0.714 bits per heavy atom.